The lowest BCUT2D eigenvalue weighted by Crippen LogP contribution is -2.27. The van der Waals surface area contributed by atoms with Crippen LogP contribution in [-0.4, -0.2) is 31.0 Å². The Hall–Kier alpha value is -2.81. The molecular formula is C21H15Cl2N5O2S. The maximum Gasteiger partial charge on any atom is 0.265 e. The monoisotopic (exact) mass is 471 g/mol. The Morgan fingerprint density at radius 3 is 2.71 bits per heavy atom. The molecule has 0 spiro atoms. The number of nitrogens with zero attached hydrogens (tertiary/aromatic N) is 4. The molecule has 2 aromatic heterocycles. The first kappa shape index (κ1) is 20.1. The number of thioether (sulfide) groups is 1. The van der Waals surface area contributed by atoms with Crippen molar-refractivity contribution in [2.24, 2.45) is 0 Å². The number of hydrogen-bond acceptors (Lipinski definition) is 5. The molecule has 0 saturated carbocycles. The molecule has 1 unspecified atom stereocenters. The van der Waals surface area contributed by atoms with E-state index in [1.165, 1.54) is 18.0 Å². The largest absolute Gasteiger partial charge is 0.326 e. The van der Waals surface area contributed by atoms with Gasteiger partial charge in [0.05, 0.1) is 17.9 Å². The van der Waals surface area contributed by atoms with Crippen LogP contribution in [0.2, 0.25) is 10.0 Å². The van der Waals surface area contributed by atoms with E-state index in [4.69, 9.17) is 23.2 Å². The topological polar surface area (TPSA) is 81.8 Å². The SMILES string of the molecule is O=C(CC1CSc2nc3c(cnn3-c3cccc(Cl)c3)c(=O)n21)Nc1cccc(Cl)c1. The van der Waals surface area contributed by atoms with Crippen molar-refractivity contribution in [3.63, 3.8) is 0 Å². The van der Waals surface area contributed by atoms with Crippen molar-refractivity contribution in [1.29, 1.82) is 0 Å². The zero-order chi connectivity index (χ0) is 21.5. The zero-order valence-electron chi connectivity index (χ0n) is 16.0. The summed E-state index contributed by atoms with van der Waals surface area (Å²) >= 11 is 13.5. The number of amides is 1. The van der Waals surface area contributed by atoms with Crippen LogP contribution in [0.1, 0.15) is 12.5 Å². The maximum atomic E-state index is 13.2. The smallest absolute Gasteiger partial charge is 0.265 e. The van der Waals surface area contributed by atoms with Crippen LogP contribution in [0.3, 0.4) is 0 Å². The van der Waals surface area contributed by atoms with E-state index >= 15 is 0 Å². The number of fused-ring (bicyclic) bond motifs is 2. The van der Waals surface area contributed by atoms with Gasteiger partial charge in [0.2, 0.25) is 5.91 Å². The highest BCUT2D eigenvalue weighted by Crippen LogP contribution is 2.33. The lowest BCUT2D eigenvalue weighted by atomic mass is 10.2. The van der Waals surface area contributed by atoms with Gasteiger partial charge < -0.3 is 5.32 Å². The summed E-state index contributed by atoms with van der Waals surface area (Å²) in [7, 11) is 0. The van der Waals surface area contributed by atoms with E-state index in [0.29, 0.717) is 37.7 Å². The Morgan fingerprint density at radius 1 is 1.16 bits per heavy atom. The summed E-state index contributed by atoms with van der Waals surface area (Å²) in [5.74, 6) is 0.393. The maximum absolute atomic E-state index is 13.2. The van der Waals surface area contributed by atoms with Gasteiger partial charge in [-0.15, -0.1) is 0 Å². The van der Waals surface area contributed by atoms with E-state index in [0.717, 1.165) is 5.69 Å². The zero-order valence-corrected chi connectivity index (χ0v) is 18.3. The third-order valence-electron chi connectivity index (χ3n) is 4.95. The molecule has 0 radical (unpaired) electrons. The normalized spacial score (nSPS) is 15.2. The van der Waals surface area contributed by atoms with E-state index in [2.05, 4.69) is 15.4 Å². The number of nitrogens with one attached hydrogen (secondary N) is 1. The number of halogens is 2. The highest BCUT2D eigenvalue weighted by atomic mass is 35.5. The number of carbonyl (C=O) groups excluding carboxylic acids is 1. The van der Waals surface area contributed by atoms with Crippen molar-refractivity contribution < 1.29 is 4.79 Å². The summed E-state index contributed by atoms with van der Waals surface area (Å²) in [5.41, 5.74) is 1.60. The minimum atomic E-state index is -0.293. The molecule has 0 bridgehead atoms. The van der Waals surface area contributed by atoms with Gasteiger partial charge in [-0.1, -0.05) is 47.1 Å². The van der Waals surface area contributed by atoms with Gasteiger partial charge in [-0.3, -0.25) is 14.2 Å². The molecule has 3 heterocycles. The molecule has 5 rings (SSSR count). The van der Waals surface area contributed by atoms with Crippen LogP contribution in [-0.2, 0) is 4.79 Å². The number of anilines is 1. The van der Waals surface area contributed by atoms with Crippen LogP contribution >= 0.6 is 35.0 Å². The molecule has 0 saturated heterocycles. The summed E-state index contributed by atoms with van der Waals surface area (Å²) < 4.78 is 3.19. The Bertz CT molecular complexity index is 1380. The number of benzene rings is 2. The van der Waals surface area contributed by atoms with Gasteiger partial charge in [0.15, 0.2) is 10.8 Å². The average molecular weight is 472 g/mol. The summed E-state index contributed by atoms with van der Waals surface area (Å²) in [6.07, 6.45) is 1.66. The standard InChI is InChI=1S/C21H15Cl2N5O2S/c22-12-3-1-5-14(7-12)25-18(29)9-16-11-31-21-26-19-17(20(30)27(16)21)10-24-28(19)15-6-2-4-13(23)8-15/h1-8,10,16H,9,11H2,(H,25,29). The third-order valence-corrected chi connectivity index (χ3v) is 6.52. The van der Waals surface area contributed by atoms with Crippen LogP contribution in [0.5, 0.6) is 0 Å². The van der Waals surface area contributed by atoms with Crippen molar-refractivity contribution >= 4 is 57.6 Å². The molecule has 31 heavy (non-hydrogen) atoms. The highest BCUT2D eigenvalue weighted by molar-refractivity contribution is 7.99. The lowest BCUT2D eigenvalue weighted by molar-refractivity contribution is -0.116. The van der Waals surface area contributed by atoms with Gasteiger partial charge in [0.1, 0.15) is 5.39 Å². The van der Waals surface area contributed by atoms with E-state index in [9.17, 15) is 9.59 Å². The third kappa shape index (κ3) is 3.82. The second-order valence-electron chi connectivity index (χ2n) is 7.07. The van der Waals surface area contributed by atoms with Crippen molar-refractivity contribution in [3.8, 4) is 5.69 Å². The van der Waals surface area contributed by atoms with Crippen molar-refractivity contribution in [2.75, 3.05) is 11.1 Å². The van der Waals surface area contributed by atoms with Gasteiger partial charge in [-0.2, -0.15) is 5.10 Å². The number of carbonyl (C=O) groups is 1. The fourth-order valence-corrected chi connectivity index (χ4v) is 5.08. The van der Waals surface area contributed by atoms with Crippen LogP contribution in [0.25, 0.3) is 16.7 Å². The van der Waals surface area contributed by atoms with E-state index in [-0.39, 0.29) is 23.9 Å². The first-order valence-electron chi connectivity index (χ1n) is 9.44. The molecule has 1 aliphatic heterocycles. The first-order valence-corrected chi connectivity index (χ1v) is 11.2. The fraction of sp³-hybridized carbons (Fsp3) is 0.143. The Morgan fingerprint density at radius 2 is 1.94 bits per heavy atom. The Kier molecular flexibility index (Phi) is 5.21. The molecule has 4 aromatic rings. The second-order valence-corrected chi connectivity index (χ2v) is 8.93. The average Bonchev–Trinajstić information content (AvgIpc) is 3.33. The van der Waals surface area contributed by atoms with Crippen molar-refractivity contribution in [3.05, 3.63) is 75.1 Å². The second kappa shape index (κ2) is 8.03. The van der Waals surface area contributed by atoms with Crippen LogP contribution in [0, 0.1) is 0 Å². The van der Waals surface area contributed by atoms with Crippen LogP contribution in [0.15, 0.2) is 64.7 Å². The summed E-state index contributed by atoms with van der Waals surface area (Å²) in [4.78, 5) is 30.4. The predicted octanol–water partition coefficient (Wildman–Crippen LogP) is 4.56. The number of hydrogen-bond donors (Lipinski definition) is 1. The number of rotatable bonds is 4. The lowest BCUT2D eigenvalue weighted by Gasteiger charge is -2.13. The van der Waals surface area contributed by atoms with E-state index < -0.39 is 0 Å². The molecule has 7 nitrogen and oxygen atoms in total. The van der Waals surface area contributed by atoms with E-state index in [1.807, 2.05) is 12.1 Å². The first-order chi connectivity index (χ1) is 15.0. The minimum absolute atomic E-state index is 0.155. The highest BCUT2D eigenvalue weighted by Gasteiger charge is 2.29. The Labute approximate surface area is 191 Å². The Balaban J connectivity index is 1.45. The van der Waals surface area contributed by atoms with Crippen LogP contribution in [0.4, 0.5) is 5.69 Å². The van der Waals surface area contributed by atoms with Gasteiger partial charge in [0, 0.05) is 27.9 Å². The van der Waals surface area contributed by atoms with Crippen molar-refractivity contribution in [2.45, 2.75) is 17.6 Å². The fourth-order valence-electron chi connectivity index (χ4n) is 3.57. The predicted molar refractivity (Wildman–Crippen MR) is 123 cm³/mol. The quantitative estimate of drug-likeness (QED) is 0.441. The molecule has 0 aliphatic carbocycles. The summed E-state index contributed by atoms with van der Waals surface area (Å²) in [6.45, 7) is 0. The molecule has 2 aromatic carbocycles. The van der Waals surface area contributed by atoms with Gasteiger partial charge >= 0.3 is 0 Å². The molecule has 1 amide bonds. The molecule has 10 heteroatoms. The molecule has 0 fully saturated rings. The van der Waals surface area contributed by atoms with Gasteiger partial charge in [0.25, 0.3) is 5.56 Å². The summed E-state index contributed by atoms with van der Waals surface area (Å²) in [6, 6.07) is 13.8. The molecule has 156 valence electrons. The van der Waals surface area contributed by atoms with E-state index in [1.54, 1.807) is 45.6 Å². The van der Waals surface area contributed by atoms with Crippen LogP contribution < -0.4 is 10.9 Å². The van der Waals surface area contributed by atoms with Gasteiger partial charge in [-0.05, 0) is 36.4 Å². The number of aromatic nitrogens is 4. The molecular weight excluding hydrogens is 457 g/mol. The summed E-state index contributed by atoms with van der Waals surface area (Å²) in [5, 5.41) is 9.25. The minimum Gasteiger partial charge on any atom is -0.326 e. The molecule has 1 atom stereocenters. The molecule has 1 N–H and O–H groups in total. The van der Waals surface area contributed by atoms with Gasteiger partial charge in [-0.25, -0.2) is 9.67 Å². The molecule has 1 aliphatic rings. The van der Waals surface area contributed by atoms with Crippen molar-refractivity contribution in [1.82, 2.24) is 19.3 Å².